The molecule has 0 spiro atoms. The van der Waals surface area contributed by atoms with E-state index in [1.54, 1.807) is 7.05 Å². The van der Waals surface area contributed by atoms with Crippen LogP contribution >= 0.6 is 15.9 Å². The van der Waals surface area contributed by atoms with Crippen LogP contribution in [-0.4, -0.2) is 12.8 Å². The molecule has 2 nitrogen and oxygen atoms in total. The van der Waals surface area contributed by atoms with Crippen LogP contribution < -0.4 is 5.32 Å². The van der Waals surface area contributed by atoms with Crippen LogP contribution in [0.3, 0.4) is 0 Å². The summed E-state index contributed by atoms with van der Waals surface area (Å²) in [5.74, 6) is -0.583. The number of ketones is 1. The van der Waals surface area contributed by atoms with Crippen LogP contribution in [0.4, 0.5) is 10.1 Å². The van der Waals surface area contributed by atoms with Crippen molar-refractivity contribution in [2.75, 3.05) is 12.4 Å². The Morgan fingerprint density at radius 2 is 2.15 bits per heavy atom. The summed E-state index contributed by atoms with van der Waals surface area (Å²) >= 11 is 3.17. The number of carbonyl (C=O) groups is 1. The number of hydrogen-bond acceptors (Lipinski definition) is 2. The van der Waals surface area contributed by atoms with Crippen molar-refractivity contribution in [3.63, 3.8) is 0 Å². The van der Waals surface area contributed by atoms with Gasteiger partial charge in [0.15, 0.2) is 5.78 Å². The standard InChI is InChI=1S/C9H9BrFNO/c1-5(13)7-3-6(11)4-8(10)9(7)12-2/h3-4,12H,1-2H3. The van der Waals surface area contributed by atoms with E-state index in [9.17, 15) is 9.18 Å². The maximum Gasteiger partial charge on any atom is 0.162 e. The van der Waals surface area contributed by atoms with E-state index in [4.69, 9.17) is 0 Å². The van der Waals surface area contributed by atoms with Crippen molar-refractivity contribution in [1.29, 1.82) is 0 Å². The molecule has 1 aromatic rings. The van der Waals surface area contributed by atoms with E-state index < -0.39 is 5.82 Å². The highest BCUT2D eigenvalue weighted by atomic mass is 79.9. The lowest BCUT2D eigenvalue weighted by molar-refractivity contribution is 0.101. The molecule has 0 amide bonds. The Balaban J connectivity index is 3.38. The molecule has 0 radical (unpaired) electrons. The van der Waals surface area contributed by atoms with Crippen LogP contribution in [-0.2, 0) is 0 Å². The first kappa shape index (κ1) is 10.2. The Morgan fingerprint density at radius 1 is 1.54 bits per heavy atom. The van der Waals surface area contributed by atoms with E-state index in [1.165, 1.54) is 19.1 Å². The van der Waals surface area contributed by atoms with Gasteiger partial charge in [0.25, 0.3) is 0 Å². The summed E-state index contributed by atoms with van der Waals surface area (Å²) < 4.78 is 13.5. The second kappa shape index (κ2) is 3.87. The average molecular weight is 246 g/mol. The van der Waals surface area contributed by atoms with Gasteiger partial charge in [-0.05, 0) is 35.0 Å². The largest absolute Gasteiger partial charge is 0.387 e. The van der Waals surface area contributed by atoms with Crippen molar-refractivity contribution in [1.82, 2.24) is 0 Å². The van der Waals surface area contributed by atoms with Crippen molar-refractivity contribution in [3.05, 3.63) is 28.0 Å². The number of Topliss-reactive ketones (excluding diaryl/α,β-unsaturated/α-hetero) is 1. The quantitative estimate of drug-likeness (QED) is 0.813. The third kappa shape index (κ3) is 2.06. The minimum absolute atomic E-state index is 0.162. The Kier molecular flexibility index (Phi) is 3.03. The first-order valence-electron chi connectivity index (χ1n) is 3.74. The minimum Gasteiger partial charge on any atom is -0.387 e. The fraction of sp³-hybridized carbons (Fsp3) is 0.222. The summed E-state index contributed by atoms with van der Waals surface area (Å²) in [4.78, 5) is 11.1. The molecule has 0 atom stereocenters. The summed E-state index contributed by atoms with van der Waals surface area (Å²) in [5, 5.41) is 2.84. The number of anilines is 1. The second-order valence-corrected chi connectivity index (χ2v) is 3.47. The van der Waals surface area contributed by atoms with Gasteiger partial charge in [0.2, 0.25) is 0 Å². The van der Waals surface area contributed by atoms with Gasteiger partial charge in [-0.2, -0.15) is 0 Å². The van der Waals surface area contributed by atoms with E-state index in [-0.39, 0.29) is 5.78 Å². The summed E-state index contributed by atoms with van der Waals surface area (Å²) in [6.07, 6.45) is 0. The van der Waals surface area contributed by atoms with Crippen LogP contribution in [0.25, 0.3) is 0 Å². The summed E-state index contributed by atoms with van der Waals surface area (Å²) in [6.45, 7) is 1.40. The number of hydrogen-bond donors (Lipinski definition) is 1. The summed E-state index contributed by atoms with van der Waals surface area (Å²) in [5.41, 5.74) is 0.975. The molecule has 0 saturated heterocycles. The molecule has 1 N–H and O–H groups in total. The number of carbonyl (C=O) groups excluding carboxylic acids is 1. The monoisotopic (exact) mass is 245 g/mol. The van der Waals surface area contributed by atoms with Crippen molar-refractivity contribution >= 4 is 27.4 Å². The first-order chi connectivity index (χ1) is 6.06. The molecule has 0 bridgehead atoms. The fourth-order valence-electron chi connectivity index (χ4n) is 1.11. The maximum absolute atomic E-state index is 12.9. The molecule has 0 aliphatic carbocycles. The molecule has 1 aromatic carbocycles. The minimum atomic E-state index is -0.420. The van der Waals surface area contributed by atoms with Gasteiger partial charge in [-0.15, -0.1) is 0 Å². The molecular formula is C9H9BrFNO. The number of halogens is 2. The van der Waals surface area contributed by atoms with Gasteiger partial charge in [-0.3, -0.25) is 4.79 Å². The molecule has 4 heteroatoms. The van der Waals surface area contributed by atoms with Gasteiger partial charge in [-0.25, -0.2) is 4.39 Å². The molecule has 0 aliphatic heterocycles. The summed E-state index contributed by atoms with van der Waals surface area (Å²) in [6, 6.07) is 2.54. The van der Waals surface area contributed by atoms with E-state index in [2.05, 4.69) is 21.2 Å². The van der Waals surface area contributed by atoms with Crippen molar-refractivity contribution in [2.24, 2.45) is 0 Å². The Morgan fingerprint density at radius 3 is 2.62 bits per heavy atom. The summed E-state index contributed by atoms with van der Waals surface area (Å²) in [7, 11) is 1.68. The van der Waals surface area contributed by atoms with Gasteiger partial charge in [0.05, 0.1) is 5.69 Å². The van der Waals surface area contributed by atoms with E-state index >= 15 is 0 Å². The third-order valence-corrected chi connectivity index (χ3v) is 2.31. The molecular weight excluding hydrogens is 237 g/mol. The topological polar surface area (TPSA) is 29.1 Å². The predicted molar refractivity (Wildman–Crippen MR) is 53.7 cm³/mol. The van der Waals surface area contributed by atoms with Gasteiger partial charge in [0, 0.05) is 17.1 Å². The van der Waals surface area contributed by atoms with E-state index in [1.807, 2.05) is 0 Å². The second-order valence-electron chi connectivity index (χ2n) is 2.62. The van der Waals surface area contributed by atoms with E-state index in [0.717, 1.165) is 0 Å². The molecule has 0 fully saturated rings. The van der Waals surface area contributed by atoms with Crippen LogP contribution in [0.5, 0.6) is 0 Å². The lowest BCUT2D eigenvalue weighted by Gasteiger charge is -2.08. The number of nitrogens with one attached hydrogen (secondary N) is 1. The van der Waals surface area contributed by atoms with Crippen LogP contribution in [0.15, 0.2) is 16.6 Å². The van der Waals surface area contributed by atoms with Gasteiger partial charge >= 0.3 is 0 Å². The van der Waals surface area contributed by atoms with Gasteiger partial charge in [0.1, 0.15) is 5.82 Å². The smallest absolute Gasteiger partial charge is 0.162 e. The zero-order valence-corrected chi connectivity index (χ0v) is 8.90. The zero-order chi connectivity index (χ0) is 10.0. The number of rotatable bonds is 2. The third-order valence-electron chi connectivity index (χ3n) is 1.68. The highest BCUT2D eigenvalue weighted by molar-refractivity contribution is 9.10. The van der Waals surface area contributed by atoms with Crippen molar-refractivity contribution in [3.8, 4) is 0 Å². The Labute approximate surface area is 84.3 Å². The molecule has 0 saturated carbocycles. The molecule has 0 heterocycles. The first-order valence-corrected chi connectivity index (χ1v) is 4.53. The maximum atomic E-state index is 12.9. The van der Waals surface area contributed by atoms with E-state index in [0.29, 0.717) is 15.7 Å². The highest BCUT2D eigenvalue weighted by Crippen LogP contribution is 2.27. The predicted octanol–water partition coefficient (Wildman–Crippen LogP) is 2.83. The lowest BCUT2D eigenvalue weighted by atomic mass is 10.1. The Hall–Kier alpha value is -0.900. The molecule has 70 valence electrons. The highest BCUT2D eigenvalue weighted by Gasteiger charge is 2.11. The fourth-order valence-corrected chi connectivity index (χ4v) is 1.74. The molecule has 1 rings (SSSR count). The lowest BCUT2D eigenvalue weighted by Crippen LogP contribution is -2.01. The van der Waals surface area contributed by atoms with Crippen LogP contribution in [0, 0.1) is 5.82 Å². The molecule has 0 aliphatic rings. The zero-order valence-electron chi connectivity index (χ0n) is 7.32. The van der Waals surface area contributed by atoms with Crippen LogP contribution in [0.2, 0.25) is 0 Å². The molecule has 0 aromatic heterocycles. The Bertz CT molecular complexity index is 352. The average Bonchev–Trinajstić information content (AvgIpc) is 2.02. The molecule has 0 unspecified atom stereocenters. The normalized spacial score (nSPS) is 9.85. The van der Waals surface area contributed by atoms with Crippen LogP contribution in [0.1, 0.15) is 17.3 Å². The number of benzene rings is 1. The molecule has 13 heavy (non-hydrogen) atoms. The van der Waals surface area contributed by atoms with Crippen molar-refractivity contribution < 1.29 is 9.18 Å². The SMILES string of the molecule is CNc1c(Br)cc(F)cc1C(C)=O. The van der Waals surface area contributed by atoms with Gasteiger partial charge < -0.3 is 5.32 Å². The van der Waals surface area contributed by atoms with Gasteiger partial charge in [-0.1, -0.05) is 0 Å². The van der Waals surface area contributed by atoms with Crippen molar-refractivity contribution in [2.45, 2.75) is 6.92 Å².